The van der Waals surface area contributed by atoms with Crippen molar-refractivity contribution in [2.45, 2.75) is 6.04 Å². The molecule has 0 saturated carbocycles. The molecule has 0 amide bonds. The Balaban J connectivity index is 3.08. The van der Waals surface area contributed by atoms with E-state index in [-0.39, 0.29) is 0 Å². The number of rotatable bonds is 2. The molecule has 0 aliphatic carbocycles. The van der Waals surface area contributed by atoms with E-state index in [4.69, 9.17) is 0 Å². The first-order chi connectivity index (χ1) is 4.88. The summed E-state index contributed by atoms with van der Waals surface area (Å²) >= 11 is 0. The topological polar surface area (TPSA) is 0 Å². The number of benzene rings is 1. The predicted octanol–water partition coefficient (Wildman–Crippen LogP) is 1.73. The highest BCUT2D eigenvalue weighted by Crippen LogP contribution is 2.08. The summed E-state index contributed by atoms with van der Waals surface area (Å²) in [5, 5.41) is 0. The van der Waals surface area contributed by atoms with Gasteiger partial charge < -0.3 is 0 Å². The molecule has 0 heterocycles. The van der Waals surface area contributed by atoms with Gasteiger partial charge in [-0.2, -0.15) is 0 Å². The molecule has 0 bridgehead atoms. The van der Waals surface area contributed by atoms with Gasteiger partial charge in [-0.3, -0.25) is 0 Å². The van der Waals surface area contributed by atoms with E-state index in [1.54, 1.807) is 0 Å². The van der Waals surface area contributed by atoms with Gasteiger partial charge in [-0.05, 0) is 17.2 Å². The molecule has 0 saturated heterocycles. The van der Waals surface area contributed by atoms with Crippen molar-refractivity contribution in [3.8, 4) is 0 Å². The van der Waals surface area contributed by atoms with Crippen molar-refractivity contribution in [2.75, 3.05) is 0 Å². The van der Waals surface area contributed by atoms with E-state index < -0.39 is 0 Å². The van der Waals surface area contributed by atoms with Crippen molar-refractivity contribution in [3.05, 3.63) is 42.0 Å². The molecule has 0 unspecified atom stereocenters. The summed E-state index contributed by atoms with van der Waals surface area (Å²) in [7, 11) is 2.71. The van der Waals surface area contributed by atoms with Crippen LogP contribution in [0.5, 0.6) is 0 Å². The van der Waals surface area contributed by atoms with Crippen LogP contribution in [0.3, 0.4) is 0 Å². The van der Waals surface area contributed by atoms with Gasteiger partial charge in [0.25, 0.3) is 0 Å². The minimum absolute atomic E-state index is 1.00. The highest BCUT2D eigenvalue weighted by Gasteiger charge is 1.91. The zero-order valence-electron chi connectivity index (χ0n) is 5.88. The third-order valence-corrected chi connectivity index (χ3v) is 1.93. The van der Waals surface area contributed by atoms with Crippen LogP contribution in [0.15, 0.2) is 30.8 Å². The maximum atomic E-state index is 3.73. The fraction of sp³-hybridized carbons (Fsp3) is 0.111. The van der Waals surface area contributed by atoms with Crippen LogP contribution in [0, 0.1) is 0 Å². The van der Waals surface area contributed by atoms with E-state index in [1.807, 2.05) is 18.2 Å². The molecule has 0 atom stereocenters. The first kappa shape index (κ1) is 7.29. The SMILES string of the molecule is C=Cc1ccccc1C[SiH]. The molecule has 1 rings (SSSR count). The van der Waals surface area contributed by atoms with Gasteiger partial charge in [0, 0.05) is 10.2 Å². The number of hydrogen-bond donors (Lipinski definition) is 0. The Morgan fingerprint density at radius 3 is 2.60 bits per heavy atom. The lowest BCUT2D eigenvalue weighted by atomic mass is 10.1. The smallest absolute Gasteiger partial charge is 0.0204 e. The van der Waals surface area contributed by atoms with Gasteiger partial charge in [0.05, 0.1) is 0 Å². The van der Waals surface area contributed by atoms with Crippen molar-refractivity contribution in [3.63, 3.8) is 0 Å². The lowest BCUT2D eigenvalue weighted by molar-refractivity contribution is 1.38. The minimum atomic E-state index is 1.00. The Labute approximate surface area is 65.0 Å². The summed E-state index contributed by atoms with van der Waals surface area (Å²) in [6.07, 6.45) is 1.89. The van der Waals surface area contributed by atoms with E-state index in [0.29, 0.717) is 0 Å². The molecule has 0 fully saturated rings. The third kappa shape index (κ3) is 1.36. The summed E-state index contributed by atoms with van der Waals surface area (Å²) in [6, 6.07) is 9.27. The average Bonchev–Trinajstić information content (AvgIpc) is 2.04. The van der Waals surface area contributed by atoms with E-state index >= 15 is 0 Å². The van der Waals surface area contributed by atoms with Gasteiger partial charge in [-0.15, -0.1) is 0 Å². The van der Waals surface area contributed by atoms with Crippen molar-refractivity contribution < 1.29 is 0 Å². The first-order valence-corrected chi connectivity index (χ1v) is 4.10. The van der Waals surface area contributed by atoms with E-state index in [0.717, 1.165) is 6.04 Å². The third-order valence-electron chi connectivity index (χ3n) is 1.49. The Bertz CT molecular complexity index is 228. The molecule has 1 aromatic carbocycles. The Morgan fingerprint density at radius 2 is 2.10 bits per heavy atom. The summed E-state index contributed by atoms with van der Waals surface area (Å²) in [5.74, 6) is 0. The van der Waals surface area contributed by atoms with Crippen molar-refractivity contribution >= 4 is 16.3 Å². The van der Waals surface area contributed by atoms with Gasteiger partial charge in [0.2, 0.25) is 0 Å². The molecule has 0 aromatic heterocycles. The second kappa shape index (κ2) is 3.37. The molecule has 1 aromatic rings. The molecule has 0 nitrogen and oxygen atoms in total. The minimum Gasteiger partial charge on any atom is -0.0985 e. The molecular formula is C9H10Si. The summed E-state index contributed by atoms with van der Waals surface area (Å²) in [5.41, 5.74) is 2.57. The predicted molar refractivity (Wildman–Crippen MR) is 47.4 cm³/mol. The monoisotopic (exact) mass is 146 g/mol. The second-order valence-corrected chi connectivity index (χ2v) is 2.52. The van der Waals surface area contributed by atoms with Crippen LogP contribution in [0.1, 0.15) is 11.1 Å². The van der Waals surface area contributed by atoms with Gasteiger partial charge >= 0.3 is 0 Å². The molecule has 1 heteroatoms. The molecule has 2 radical (unpaired) electrons. The lowest BCUT2D eigenvalue weighted by Gasteiger charge is -1.99. The first-order valence-electron chi connectivity index (χ1n) is 3.29. The number of hydrogen-bond acceptors (Lipinski definition) is 0. The Kier molecular flexibility index (Phi) is 2.46. The van der Waals surface area contributed by atoms with E-state index in [1.165, 1.54) is 11.1 Å². The van der Waals surface area contributed by atoms with Crippen LogP contribution < -0.4 is 0 Å². The lowest BCUT2D eigenvalue weighted by Crippen LogP contribution is -1.86. The molecule has 10 heavy (non-hydrogen) atoms. The molecule has 0 N–H and O–H groups in total. The van der Waals surface area contributed by atoms with Crippen molar-refractivity contribution in [1.82, 2.24) is 0 Å². The van der Waals surface area contributed by atoms with Gasteiger partial charge in [-0.25, -0.2) is 0 Å². The summed E-state index contributed by atoms with van der Waals surface area (Å²) < 4.78 is 0. The highest BCUT2D eigenvalue weighted by atomic mass is 28.1. The molecule has 0 aliphatic heterocycles. The molecular weight excluding hydrogens is 136 g/mol. The van der Waals surface area contributed by atoms with Crippen LogP contribution in [-0.2, 0) is 6.04 Å². The van der Waals surface area contributed by atoms with E-state index in [9.17, 15) is 0 Å². The van der Waals surface area contributed by atoms with Crippen LogP contribution in [0.2, 0.25) is 0 Å². The quantitative estimate of drug-likeness (QED) is 0.557. The van der Waals surface area contributed by atoms with Crippen molar-refractivity contribution in [2.24, 2.45) is 0 Å². The molecule has 0 spiro atoms. The van der Waals surface area contributed by atoms with Crippen LogP contribution in [0.4, 0.5) is 0 Å². The van der Waals surface area contributed by atoms with Crippen LogP contribution in [0.25, 0.3) is 6.08 Å². The van der Waals surface area contributed by atoms with Gasteiger partial charge in [0.1, 0.15) is 0 Å². The van der Waals surface area contributed by atoms with Crippen molar-refractivity contribution in [1.29, 1.82) is 0 Å². The second-order valence-electron chi connectivity index (χ2n) is 2.11. The normalized spacial score (nSPS) is 9.30. The fourth-order valence-electron chi connectivity index (χ4n) is 0.919. The highest BCUT2D eigenvalue weighted by molar-refractivity contribution is 6.08. The Hall–Kier alpha value is -0.823. The van der Waals surface area contributed by atoms with Gasteiger partial charge in [0.15, 0.2) is 0 Å². The van der Waals surface area contributed by atoms with Crippen LogP contribution >= 0.6 is 0 Å². The largest absolute Gasteiger partial charge is 0.0985 e. The maximum absolute atomic E-state index is 3.73. The van der Waals surface area contributed by atoms with E-state index in [2.05, 4.69) is 29.0 Å². The fourth-order valence-corrected chi connectivity index (χ4v) is 1.29. The van der Waals surface area contributed by atoms with Crippen LogP contribution in [-0.4, -0.2) is 10.2 Å². The molecule has 0 aliphatic rings. The Morgan fingerprint density at radius 1 is 1.40 bits per heavy atom. The molecule has 50 valence electrons. The summed E-state index contributed by atoms with van der Waals surface area (Å²) in [6.45, 7) is 3.73. The van der Waals surface area contributed by atoms with Gasteiger partial charge in [-0.1, -0.05) is 36.9 Å². The maximum Gasteiger partial charge on any atom is 0.0204 e. The summed E-state index contributed by atoms with van der Waals surface area (Å²) in [4.78, 5) is 0. The zero-order valence-corrected chi connectivity index (χ0v) is 7.03. The average molecular weight is 146 g/mol. The zero-order chi connectivity index (χ0) is 7.40. The standard InChI is InChI=1S/C9H10Si/c1-2-8-5-3-4-6-9(8)7-10/h2-6,10H,1,7H2.